The lowest BCUT2D eigenvalue weighted by molar-refractivity contribution is -0.141. The SMILES string of the molecule is CCC(C(=O)NCC(C)C)N(Cc1ccccc1C)C(=O)Cc1ccc(C)cc1. The Bertz CT molecular complexity index is 812. The minimum atomic E-state index is -0.480. The molecule has 0 bridgehead atoms. The Balaban J connectivity index is 2.27. The topological polar surface area (TPSA) is 49.4 Å². The largest absolute Gasteiger partial charge is 0.354 e. The average molecular weight is 395 g/mol. The summed E-state index contributed by atoms with van der Waals surface area (Å²) in [6.45, 7) is 11.2. The van der Waals surface area contributed by atoms with Crippen LogP contribution in [0.25, 0.3) is 0 Å². The molecule has 0 saturated heterocycles. The van der Waals surface area contributed by atoms with Crippen LogP contribution in [0, 0.1) is 19.8 Å². The van der Waals surface area contributed by atoms with Gasteiger partial charge < -0.3 is 10.2 Å². The van der Waals surface area contributed by atoms with Gasteiger partial charge in [0.25, 0.3) is 0 Å². The first-order valence-electron chi connectivity index (χ1n) is 10.5. The van der Waals surface area contributed by atoms with E-state index in [4.69, 9.17) is 0 Å². The van der Waals surface area contributed by atoms with Gasteiger partial charge in [0, 0.05) is 13.1 Å². The van der Waals surface area contributed by atoms with Crippen LogP contribution in [-0.2, 0) is 22.6 Å². The van der Waals surface area contributed by atoms with Crippen LogP contribution >= 0.6 is 0 Å². The Labute approximate surface area is 175 Å². The van der Waals surface area contributed by atoms with Crippen molar-refractivity contribution in [2.75, 3.05) is 6.54 Å². The lowest BCUT2D eigenvalue weighted by Gasteiger charge is -2.31. The molecular weight excluding hydrogens is 360 g/mol. The Morgan fingerprint density at radius 1 is 1.00 bits per heavy atom. The summed E-state index contributed by atoms with van der Waals surface area (Å²) < 4.78 is 0. The molecule has 0 saturated carbocycles. The van der Waals surface area contributed by atoms with Gasteiger partial charge >= 0.3 is 0 Å². The number of nitrogens with one attached hydrogen (secondary N) is 1. The molecule has 1 N–H and O–H groups in total. The molecule has 2 rings (SSSR count). The van der Waals surface area contributed by atoms with Gasteiger partial charge in [-0.25, -0.2) is 0 Å². The molecule has 1 atom stereocenters. The zero-order valence-electron chi connectivity index (χ0n) is 18.4. The second-order valence-corrected chi connectivity index (χ2v) is 8.17. The van der Waals surface area contributed by atoms with Crippen LogP contribution in [0.4, 0.5) is 0 Å². The molecule has 0 aliphatic heterocycles. The molecule has 2 amide bonds. The molecule has 0 heterocycles. The van der Waals surface area contributed by atoms with E-state index >= 15 is 0 Å². The summed E-state index contributed by atoms with van der Waals surface area (Å²) in [6.07, 6.45) is 0.871. The van der Waals surface area contributed by atoms with Crippen molar-refractivity contribution in [3.05, 3.63) is 70.8 Å². The second-order valence-electron chi connectivity index (χ2n) is 8.17. The predicted octanol–water partition coefficient (Wildman–Crippen LogP) is 4.43. The van der Waals surface area contributed by atoms with Gasteiger partial charge in [0.15, 0.2) is 0 Å². The Kier molecular flexibility index (Phi) is 8.44. The van der Waals surface area contributed by atoms with Gasteiger partial charge in [0.1, 0.15) is 6.04 Å². The zero-order chi connectivity index (χ0) is 21.4. The number of carbonyl (C=O) groups is 2. The molecule has 2 aromatic carbocycles. The van der Waals surface area contributed by atoms with Crippen LogP contribution < -0.4 is 5.32 Å². The van der Waals surface area contributed by atoms with Gasteiger partial charge in [-0.05, 0) is 42.9 Å². The van der Waals surface area contributed by atoms with Gasteiger partial charge in [-0.2, -0.15) is 0 Å². The predicted molar refractivity (Wildman–Crippen MR) is 119 cm³/mol. The second kappa shape index (κ2) is 10.8. The molecule has 0 fully saturated rings. The van der Waals surface area contributed by atoms with Crippen molar-refractivity contribution in [1.29, 1.82) is 0 Å². The first kappa shape index (κ1) is 22.7. The number of amides is 2. The van der Waals surface area contributed by atoms with E-state index in [9.17, 15) is 9.59 Å². The van der Waals surface area contributed by atoms with E-state index in [1.54, 1.807) is 4.90 Å². The van der Waals surface area contributed by atoms with Crippen molar-refractivity contribution in [1.82, 2.24) is 10.2 Å². The van der Waals surface area contributed by atoms with Crippen molar-refractivity contribution in [2.45, 2.75) is 60.0 Å². The van der Waals surface area contributed by atoms with E-state index in [0.717, 1.165) is 22.3 Å². The summed E-state index contributed by atoms with van der Waals surface area (Å²) in [4.78, 5) is 27.9. The Morgan fingerprint density at radius 3 is 2.24 bits per heavy atom. The molecule has 0 aromatic heterocycles. The Morgan fingerprint density at radius 2 is 1.66 bits per heavy atom. The third kappa shape index (κ3) is 6.74. The molecule has 0 aliphatic carbocycles. The van der Waals surface area contributed by atoms with Crippen molar-refractivity contribution < 1.29 is 9.59 Å². The van der Waals surface area contributed by atoms with Gasteiger partial charge in [0.05, 0.1) is 6.42 Å². The number of benzene rings is 2. The summed E-state index contributed by atoms with van der Waals surface area (Å²) in [5, 5.41) is 3.01. The molecular formula is C25H34N2O2. The highest BCUT2D eigenvalue weighted by Crippen LogP contribution is 2.17. The maximum absolute atomic E-state index is 13.3. The van der Waals surface area contributed by atoms with Gasteiger partial charge in [-0.15, -0.1) is 0 Å². The number of carbonyl (C=O) groups excluding carboxylic acids is 2. The number of hydrogen-bond donors (Lipinski definition) is 1. The van der Waals surface area contributed by atoms with Crippen LogP contribution in [-0.4, -0.2) is 29.3 Å². The normalized spacial score (nSPS) is 11.9. The monoisotopic (exact) mass is 394 g/mol. The molecule has 156 valence electrons. The zero-order valence-corrected chi connectivity index (χ0v) is 18.4. The summed E-state index contributed by atoms with van der Waals surface area (Å²) in [5.74, 6) is 0.264. The number of nitrogens with zero attached hydrogens (tertiary/aromatic N) is 1. The quantitative estimate of drug-likeness (QED) is 0.684. The molecule has 0 radical (unpaired) electrons. The molecule has 2 aromatic rings. The molecule has 0 spiro atoms. The maximum atomic E-state index is 13.3. The van der Waals surface area contributed by atoms with Crippen molar-refractivity contribution in [3.8, 4) is 0 Å². The number of hydrogen-bond acceptors (Lipinski definition) is 2. The fourth-order valence-electron chi connectivity index (χ4n) is 3.30. The summed E-state index contributed by atoms with van der Waals surface area (Å²) >= 11 is 0. The fourth-order valence-corrected chi connectivity index (χ4v) is 3.30. The first-order valence-corrected chi connectivity index (χ1v) is 10.5. The molecule has 4 heteroatoms. The van der Waals surface area contributed by atoms with E-state index in [1.165, 1.54) is 0 Å². The highest BCUT2D eigenvalue weighted by molar-refractivity contribution is 5.88. The minimum Gasteiger partial charge on any atom is -0.354 e. The van der Waals surface area contributed by atoms with E-state index < -0.39 is 6.04 Å². The third-order valence-corrected chi connectivity index (χ3v) is 5.15. The molecule has 0 aliphatic rings. The lowest BCUT2D eigenvalue weighted by atomic mass is 10.0. The molecule has 4 nitrogen and oxygen atoms in total. The highest BCUT2D eigenvalue weighted by atomic mass is 16.2. The van der Waals surface area contributed by atoms with Crippen LogP contribution in [0.15, 0.2) is 48.5 Å². The molecule has 1 unspecified atom stereocenters. The number of rotatable bonds is 9. The minimum absolute atomic E-state index is 0.0244. The fraction of sp³-hybridized carbons (Fsp3) is 0.440. The average Bonchev–Trinajstić information content (AvgIpc) is 2.69. The summed E-state index contributed by atoms with van der Waals surface area (Å²) in [5.41, 5.74) is 4.32. The van der Waals surface area contributed by atoms with Crippen LogP contribution in [0.5, 0.6) is 0 Å². The van der Waals surface area contributed by atoms with Crippen molar-refractivity contribution >= 4 is 11.8 Å². The van der Waals surface area contributed by atoms with E-state index in [2.05, 4.69) is 19.2 Å². The first-order chi connectivity index (χ1) is 13.8. The highest BCUT2D eigenvalue weighted by Gasteiger charge is 2.28. The number of aryl methyl sites for hydroxylation is 2. The lowest BCUT2D eigenvalue weighted by Crippen LogP contribution is -2.50. The van der Waals surface area contributed by atoms with Crippen LogP contribution in [0.1, 0.15) is 49.4 Å². The smallest absolute Gasteiger partial charge is 0.242 e. The standard InChI is InChI=1S/C25H34N2O2/c1-6-23(25(29)26-16-18(2)3)27(17-22-10-8-7-9-20(22)5)24(28)15-21-13-11-19(4)12-14-21/h7-14,18,23H,6,15-17H2,1-5H3,(H,26,29). The van der Waals surface area contributed by atoms with Crippen LogP contribution in [0.3, 0.4) is 0 Å². The van der Waals surface area contributed by atoms with Gasteiger partial charge in [-0.3, -0.25) is 9.59 Å². The van der Waals surface area contributed by atoms with Gasteiger partial charge in [0.2, 0.25) is 11.8 Å². The summed E-state index contributed by atoms with van der Waals surface area (Å²) in [6, 6.07) is 15.6. The van der Waals surface area contributed by atoms with E-state index in [-0.39, 0.29) is 11.8 Å². The van der Waals surface area contributed by atoms with Crippen LogP contribution in [0.2, 0.25) is 0 Å². The summed E-state index contributed by atoms with van der Waals surface area (Å²) in [7, 11) is 0. The third-order valence-electron chi connectivity index (χ3n) is 5.15. The van der Waals surface area contributed by atoms with E-state index in [1.807, 2.05) is 69.3 Å². The molecule has 29 heavy (non-hydrogen) atoms. The maximum Gasteiger partial charge on any atom is 0.242 e. The van der Waals surface area contributed by atoms with Gasteiger partial charge in [-0.1, -0.05) is 74.9 Å². The van der Waals surface area contributed by atoms with Crippen molar-refractivity contribution in [3.63, 3.8) is 0 Å². The Hall–Kier alpha value is -2.62. The van der Waals surface area contributed by atoms with E-state index in [0.29, 0.717) is 31.8 Å². The van der Waals surface area contributed by atoms with Crippen molar-refractivity contribution in [2.24, 2.45) is 5.92 Å².